The molecule has 0 saturated heterocycles. The Morgan fingerprint density at radius 3 is 2.64 bits per heavy atom. The highest BCUT2D eigenvalue weighted by Gasteiger charge is 2.23. The highest BCUT2D eigenvalue weighted by molar-refractivity contribution is 5.58. The number of benzene rings is 1. The molecule has 0 aliphatic carbocycles. The summed E-state index contributed by atoms with van der Waals surface area (Å²) in [4.78, 5) is 32.7. The van der Waals surface area contributed by atoms with Crippen molar-refractivity contribution in [3.63, 3.8) is 0 Å². The molecule has 0 amide bonds. The van der Waals surface area contributed by atoms with Crippen LogP contribution in [0, 0.1) is 17.0 Å². The van der Waals surface area contributed by atoms with Gasteiger partial charge in [0.25, 0.3) is 0 Å². The molecular formula is C16H19N5O4. The average molecular weight is 345 g/mol. The van der Waals surface area contributed by atoms with Crippen LogP contribution in [0.15, 0.2) is 40.1 Å². The van der Waals surface area contributed by atoms with Gasteiger partial charge < -0.3 is 9.64 Å². The van der Waals surface area contributed by atoms with Crippen molar-refractivity contribution >= 4 is 18.0 Å². The third-order valence-electron chi connectivity index (χ3n) is 3.22. The SMILES string of the molecule is Cc1nc(/N=C/N(C)C)n(COCc2ccccc2)c(=O)c1[N+](=O)[O-]. The van der Waals surface area contributed by atoms with Crippen molar-refractivity contribution in [2.75, 3.05) is 14.1 Å². The van der Waals surface area contributed by atoms with E-state index in [1.165, 1.54) is 13.3 Å². The molecule has 0 spiro atoms. The summed E-state index contributed by atoms with van der Waals surface area (Å²) in [5.41, 5.74) is -0.438. The highest BCUT2D eigenvalue weighted by atomic mass is 16.6. The highest BCUT2D eigenvalue weighted by Crippen LogP contribution is 2.15. The Bertz CT molecular complexity index is 830. The number of rotatable bonds is 7. The Morgan fingerprint density at radius 1 is 1.36 bits per heavy atom. The third-order valence-corrected chi connectivity index (χ3v) is 3.22. The molecule has 0 bridgehead atoms. The van der Waals surface area contributed by atoms with E-state index in [-0.39, 0.29) is 25.0 Å². The molecule has 9 heteroatoms. The van der Waals surface area contributed by atoms with E-state index in [4.69, 9.17) is 4.74 Å². The van der Waals surface area contributed by atoms with E-state index in [0.717, 1.165) is 10.1 Å². The zero-order valence-corrected chi connectivity index (χ0v) is 14.2. The predicted octanol–water partition coefficient (Wildman–Crippen LogP) is 1.86. The maximum atomic E-state index is 12.5. The van der Waals surface area contributed by atoms with Gasteiger partial charge in [0.1, 0.15) is 12.4 Å². The van der Waals surface area contributed by atoms with Gasteiger partial charge >= 0.3 is 11.2 Å². The van der Waals surface area contributed by atoms with Gasteiger partial charge in [-0.3, -0.25) is 14.9 Å². The fraction of sp³-hybridized carbons (Fsp3) is 0.312. The molecule has 0 aliphatic rings. The standard InChI is InChI=1S/C16H19N5O4/c1-12-14(21(23)24)15(22)20(16(18-12)17-10-19(2)3)11-25-9-13-7-5-4-6-8-13/h4-8,10H,9,11H2,1-3H3/b17-10+. The molecule has 0 unspecified atom stereocenters. The van der Waals surface area contributed by atoms with Crippen LogP contribution in [0.1, 0.15) is 11.3 Å². The summed E-state index contributed by atoms with van der Waals surface area (Å²) in [6, 6.07) is 9.38. The molecule has 0 fully saturated rings. The zero-order valence-electron chi connectivity index (χ0n) is 14.2. The summed E-state index contributed by atoms with van der Waals surface area (Å²) in [5, 5.41) is 11.1. The van der Waals surface area contributed by atoms with Gasteiger partial charge in [-0.05, 0) is 12.5 Å². The van der Waals surface area contributed by atoms with Crippen molar-refractivity contribution in [3.05, 3.63) is 62.1 Å². The smallest absolute Gasteiger partial charge is 0.355 e. The molecular weight excluding hydrogens is 326 g/mol. The predicted molar refractivity (Wildman–Crippen MR) is 93.0 cm³/mol. The maximum Gasteiger partial charge on any atom is 0.355 e. The molecule has 9 nitrogen and oxygen atoms in total. The first-order chi connectivity index (χ1) is 11.9. The average Bonchev–Trinajstić information content (AvgIpc) is 2.55. The largest absolute Gasteiger partial charge is 0.369 e. The van der Waals surface area contributed by atoms with Crippen LogP contribution in [0.2, 0.25) is 0 Å². The second-order valence-corrected chi connectivity index (χ2v) is 5.51. The van der Waals surface area contributed by atoms with Gasteiger partial charge in [-0.25, -0.2) is 14.5 Å². The molecule has 2 rings (SSSR count). The molecule has 0 radical (unpaired) electrons. The number of aliphatic imine (C=N–C) groups is 1. The topological polar surface area (TPSA) is 103 Å². The lowest BCUT2D eigenvalue weighted by Gasteiger charge is -2.11. The number of aromatic nitrogens is 2. The van der Waals surface area contributed by atoms with Crippen LogP contribution in [-0.2, 0) is 18.1 Å². The van der Waals surface area contributed by atoms with E-state index >= 15 is 0 Å². The van der Waals surface area contributed by atoms with Crippen molar-refractivity contribution < 1.29 is 9.66 Å². The zero-order chi connectivity index (χ0) is 18.4. The molecule has 0 aliphatic heterocycles. The Kier molecular flexibility index (Phi) is 5.96. The van der Waals surface area contributed by atoms with Crippen molar-refractivity contribution in [3.8, 4) is 0 Å². The Balaban J connectivity index is 2.33. The van der Waals surface area contributed by atoms with Gasteiger partial charge in [-0.15, -0.1) is 0 Å². The summed E-state index contributed by atoms with van der Waals surface area (Å²) >= 11 is 0. The summed E-state index contributed by atoms with van der Waals surface area (Å²) in [6.45, 7) is 1.47. The molecule has 1 aromatic carbocycles. The molecule has 25 heavy (non-hydrogen) atoms. The summed E-state index contributed by atoms with van der Waals surface area (Å²) in [5.74, 6) is 0.0508. The van der Waals surface area contributed by atoms with Crippen LogP contribution in [0.4, 0.5) is 11.6 Å². The van der Waals surface area contributed by atoms with E-state index in [9.17, 15) is 14.9 Å². The fourth-order valence-electron chi connectivity index (χ4n) is 2.06. The van der Waals surface area contributed by atoms with Crippen LogP contribution in [0.3, 0.4) is 0 Å². The Labute approximate surface area is 144 Å². The summed E-state index contributed by atoms with van der Waals surface area (Å²) in [6.07, 6.45) is 1.46. The van der Waals surface area contributed by atoms with Gasteiger partial charge in [-0.2, -0.15) is 0 Å². The third kappa shape index (κ3) is 4.70. The first-order valence-corrected chi connectivity index (χ1v) is 7.48. The Hall–Kier alpha value is -3.07. The number of nitro groups is 1. The van der Waals surface area contributed by atoms with Gasteiger partial charge in [-0.1, -0.05) is 30.3 Å². The van der Waals surface area contributed by atoms with E-state index in [2.05, 4.69) is 9.98 Å². The molecule has 0 saturated carbocycles. The molecule has 2 aromatic rings. The van der Waals surface area contributed by atoms with Crippen molar-refractivity contribution in [1.82, 2.24) is 14.5 Å². The lowest BCUT2D eigenvalue weighted by Crippen LogP contribution is -2.26. The molecule has 1 heterocycles. The fourth-order valence-corrected chi connectivity index (χ4v) is 2.06. The summed E-state index contributed by atoms with van der Waals surface area (Å²) < 4.78 is 6.57. The van der Waals surface area contributed by atoms with Crippen LogP contribution in [0.25, 0.3) is 0 Å². The van der Waals surface area contributed by atoms with Crippen LogP contribution >= 0.6 is 0 Å². The van der Waals surface area contributed by atoms with Gasteiger partial charge in [0.2, 0.25) is 5.95 Å². The first kappa shape index (κ1) is 18.3. The molecule has 132 valence electrons. The quantitative estimate of drug-likeness (QED) is 0.328. The minimum Gasteiger partial charge on any atom is -0.369 e. The van der Waals surface area contributed by atoms with Crippen LogP contribution < -0.4 is 5.56 Å². The second kappa shape index (κ2) is 8.15. The van der Waals surface area contributed by atoms with E-state index in [1.807, 2.05) is 30.3 Å². The van der Waals surface area contributed by atoms with Crippen LogP contribution in [-0.4, -0.2) is 39.8 Å². The Morgan fingerprint density at radius 2 is 2.04 bits per heavy atom. The molecule has 1 aromatic heterocycles. The minimum absolute atomic E-state index is 0.0141. The van der Waals surface area contributed by atoms with E-state index in [1.54, 1.807) is 19.0 Å². The van der Waals surface area contributed by atoms with Crippen molar-refractivity contribution in [1.29, 1.82) is 0 Å². The van der Waals surface area contributed by atoms with Crippen LogP contribution in [0.5, 0.6) is 0 Å². The second-order valence-electron chi connectivity index (χ2n) is 5.51. The van der Waals surface area contributed by atoms with E-state index in [0.29, 0.717) is 0 Å². The number of hydrogen-bond donors (Lipinski definition) is 0. The molecule has 0 N–H and O–H groups in total. The lowest BCUT2D eigenvalue weighted by atomic mass is 10.2. The molecule has 0 atom stereocenters. The summed E-state index contributed by atoms with van der Waals surface area (Å²) in [7, 11) is 3.52. The van der Waals surface area contributed by atoms with Crippen molar-refractivity contribution in [2.24, 2.45) is 4.99 Å². The van der Waals surface area contributed by atoms with E-state index < -0.39 is 16.2 Å². The van der Waals surface area contributed by atoms with Gasteiger partial charge in [0, 0.05) is 14.1 Å². The lowest BCUT2D eigenvalue weighted by molar-refractivity contribution is -0.387. The normalized spacial score (nSPS) is 11.0. The number of nitrogens with zero attached hydrogens (tertiary/aromatic N) is 5. The first-order valence-electron chi connectivity index (χ1n) is 7.48. The number of ether oxygens (including phenoxy) is 1. The minimum atomic E-state index is -0.795. The maximum absolute atomic E-state index is 12.5. The monoisotopic (exact) mass is 345 g/mol. The number of aryl methyl sites for hydroxylation is 1. The van der Waals surface area contributed by atoms with Gasteiger partial charge in [0.05, 0.1) is 17.9 Å². The van der Waals surface area contributed by atoms with Crippen molar-refractivity contribution in [2.45, 2.75) is 20.3 Å². The number of hydrogen-bond acceptors (Lipinski definition) is 6. The van der Waals surface area contributed by atoms with Gasteiger partial charge in [0.15, 0.2) is 0 Å².